The first-order chi connectivity index (χ1) is 8.04. The maximum Gasteiger partial charge on any atom is 0.337 e. The molecule has 100 valence electrons. The van der Waals surface area contributed by atoms with Gasteiger partial charge in [-0.1, -0.05) is 20.8 Å². The van der Waals surface area contributed by atoms with Crippen LogP contribution in [0.1, 0.15) is 31.1 Å². The van der Waals surface area contributed by atoms with Crippen LogP contribution >= 0.6 is 0 Å². The fraction of sp³-hybridized carbons (Fsp3) is 0.462. The number of rotatable bonds is 3. The minimum atomic E-state index is -1.92. The maximum absolute atomic E-state index is 10.9. The van der Waals surface area contributed by atoms with Crippen molar-refractivity contribution in [3.05, 3.63) is 23.8 Å². The molecule has 18 heavy (non-hydrogen) atoms. The highest BCUT2D eigenvalue weighted by molar-refractivity contribution is 6.74. The summed E-state index contributed by atoms with van der Waals surface area (Å²) in [6, 6.07) is 4.74. The summed E-state index contributed by atoms with van der Waals surface area (Å²) in [4.78, 5) is 10.9. The largest absolute Gasteiger partial charge is 0.543 e. The fourth-order valence-electron chi connectivity index (χ4n) is 1.25. The molecule has 0 fully saturated rings. The first-order valence-corrected chi connectivity index (χ1v) is 8.77. The second-order valence-electron chi connectivity index (χ2n) is 5.92. The van der Waals surface area contributed by atoms with E-state index in [-0.39, 0.29) is 16.3 Å². The van der Waals surface area contributed by atoms with Crippen LogP contribution in [0.3, 0.4) is 0 Å². The SMILES string of the molecule is CC(C)(C)[Si](C)(C)Oc1ccc(C(=O)O)c(N)c1. The van der Waals surface area contributed by atoms with Crippen molar-refractivity contribution in [3.8, 4) is 5.75 Å². The molecule has 0 atom stereocenters. The van der Waals surface area contributed by atoms with E-state index in [4.69, 9.17) is 15.3 Å². The molecule has 0 aliphatic rings. The van der Waals surface area contributed by atoms with Crippen LogP contribution in [-0.2, 0) is 0 Å². The lowest BCUT2D eigenvalue weighted by atomic mass is 10.2. The summed E-state index contributed by atoms with van der Waals surface area (Å²) in [7, 11) is -1.92. The molecular weight excluding hydrogens is 246 g/mol. The van der Waals surface area contributed by atoms with Crippen LogP contribution in [0.15, 0.2) is 18.2 Å². The Morgan fingerprint density at radius 2 is 1.89 bits per heavy atom. The van der Waals surface area contributed by atoms with Crippen molar-refractivity contribution in [2.24, 2.45) is 0 Å². The summed E-state index contributed by atoms with van der Waals surface area (Å²) in [5.74, 6) is -0.379. The Balaban J connectivity index is 3.01. The monoisotopic (exact) mass is 267 g/mol. The first kappa shape index (κ1) is 14.6. The molecule has 4 nitrogen and oxygen atoms in total. The number of hydrogen-bond donors (Lipinski definition) is 2. The Morgan fingerprint density at radius 1 is 1.33 bits per heavy atom. The van der Waals surface area contributed by atoms with E-state index in [9.17, 15) is 4.79 Å². The van der Waals surface area contributed by atoms with Gasteiger partial charge in [0.05, 0.1) is 5.56 Å². The van der Waals surface area contributed by atoms with E-state index in [1.165, 1.54) is 6.07 Å². The van der Waals surface area contributed by atoms with Gasteiger partial charge in [-0.3, -0.25) is 0 Å². The summed E-state index contributed by atoms with van der Waals surface area (Å²) in [5.41, 5.74) is 6.05. The molecule has 3 N–H and O–H groups in total. The standard InChI is InChI=1S/C13H21NO3Si/c1-13(2,3)18(4,5)17-9-6-7-10(12(15)16)11(14)8-9/h6-8H,14H2,1-5H3,(H,15,16). The summed E-state index contributed by atoms with van der Waals surface area (Å²) in [6.45, 7) is 10.7. The van der Waals surface area contributed by atoms with Crippen LogP contribution in [-0.4, -0.2) is 19.4 Å². The van der Waals surface area contributed by atoms with E-state index in [1.54, 1.807) is 12.1 Å². The number of nitrogen functional groups attached to an aromatic ring is 1. The van der Waals surface area contributed by atoms with Gasteiger partial charge < -0.3 is 15.3 Å². The lowest BCUT2D eigenvalue weighted by Crippen LogP contribution is -2.43. The van der Waals surface area contributed by atoms with Crippen LogP contribution in [0.5, 0.6) is 5.75 Å². The van der Waals surface area contributed by atoms with Gasteiger partial charge in [-0.25, -0.2) is 4.79 Å². The van der Waals surface area contributed by atoms with E-state index in [0.717, 1.165) is 0 Å². The second kappa shape index (κ2) is 4.64. The van der Waals surface area contributed by atoms with E-state index in [0.29, 0.717) is 5.75 Å². The molecule has 0 aromatic heterocycles. The van der Waals surface area contributed by atoms with Crippen molar-refractivity contribution < 1.29 is 14.3 Å². The van der Waals surface area contributed by atoms with Crippen molar-refractivity contribution in [1.82, 2.24) is 0 Å². The van der Waals surface area contributed by atoms with Gasteiger partial charge in [0.25, 0.3) is 0 Å². The summed E-state index contributed by atoms with van der Waals surface area (Å²) < 4.78 is 6.05. The zero-order valence-corrected chi connectivity index (χ0v) is 12.6. The topological polar surface area (TPSA) is 72.5 Å². The van der Waals surface area contributed by atoms with Crippen molar-refractivity contribution in [3.63, 3.8) is 0 Å². The van der Waals surface area contributed by atoms with Crippen molar-refractivity contribution in [2.45, 2.75) is 38.9 Å². The Kier molecular flexibility index (Phi) is 3.76. The fourth-order valence-corrected chi connectivity index (χ4v) is 2.27. The number of nitrogens with two attached hydrogens (primary N) is 1. The number of benzene rings is 1. The molecule has 0 unspecified atom stereocenters. The van der Waals surface area contributed by atoms with E-state index >= 15 is 0 Å². The van der Waals surface area contributed by atoms with Crippen LogP contribution in [0, 0.1) is 0 Å². The average Bonchev–Trinajstić information content (AvgIpc) is 2.14. The van der Waals surface area contributed by atoms with Gasteiger partial charge in [0, 0.05) is 11.8 Å². The highest BCUT2D eigenvalue weighted by Crippen LogP contribution is 2.37. The maximum atomic E-state index is 10.9. The van der Waals surface area contributed by atoms with Gasteiger partial charge >= 0.3 is 5.97 Å². The Bertz CT molecular complexity index is 464. The van der Waals surface area contributed by atoms with E-state index in [2.05, 4.69) is 33.9 Å². The van der Waals surface area contributed by atoms with Gasteiger partial charge in [-0.2, -0.15) is 0 Å². The van der Waals surface area contributed by atoms with Gasteiger partial charge in [0.15, 0.2) is 0 Å². The molecule has 0 heterocycles. The number of carboxylic acid groups (broad SMARTS) is 1. The number of carbonyl (C=O) groups is 1. The molecule has 1 aromatic carbocycles. The van der Waals surface area contributed by atoms with Crippen LogP contribution in [0.25, 0.3) is 0 Å². The molecule has 0 aliphatic carbocycles. The van der Waals surface area contributed by atoms with Crippen molar-refractivity contribution >= 4 is 20.0 Å². The van der Waals surface area contributed by atoms with Crippen LogP contribution in [0.2, 0.25) is 18.1 Å². The molecule has 0 saturated heterocycles. The van der Waals surface area contributed by atoms with Crippen molar-refractivity contribution in [2.75, 3.05) is 5.73 Å². The molecule has 0 spiro atoms. The lowest BCUT2D eigenvalue weighted by molar-refractivity contribution is 0.0698. The number of anilines is 1. The van der Waals surface area contributed by atoms with Crippen LogP contribution < -0.4 is 10.2 Å². The normalized spacial score (nSPS) is 12.3. The third-order valence-corrected chi connectivity index (χ3v) is 7.79. The van der Waals surface area contributed by atoms with Gasteiger partial charge in [-0.15, -0.1) is 0 Å². The van der Waals surface area contributed by atoms with Gasteiger partial charge in [-0.05, 0) is 30.3 Å². The predicted octanol–water partition coefficient (Wildman–Crippen LogP) is 3.35. The number of hydrogen-bond acceptors (Lipinski definition) is 3. The minimum Gasteiger partial charge on any atom is -0.543 e. The third kappa shape index (κ3) is 3.04. The van der Waals surface area contributed by atoms with Crippen LogP contribution in [0.4, 0.5) is 5.69 Å². The smallest absolute Gasteiger partial charge is 0.337 e. The molecule has 0 bridgehead atoms. The van der Waals surface area contributed by atoms with Crippen molar-refractivity contribution in [1.29, 1.82) is 0 Å². The van der Waals surface area contributed by atoms with E-state index < -0.39 is 14.3 Å². The Labute approximate surface area is 109 Å². The predicted molar refractivity (Wildman–Crippen MR) is 75.6 cm³/mol. The summed E-state index contributed by atoms with van der Waals surface area (Å²) in [6.07, 6.45) is 0. The quantitative estimate of drug-likeness (QED) is 0.650. The third-order valence-electron chi connectivity index (χ3n) is 3.43. The number of aromatic carboxylic acids is 1. The molecule has 0 radical (unpaired) electrons. The molecule has 0 amide bonds. The van der Waals surface area contributed by atoms with E-state index in [1.807, 2.05) is 0 Å². The zero-order chi connectivity index (χ0) is 14.1. The zero-order valence-electron chi connectivity index (χ0n) is 11.6. The molecule has 1 aromatic rings. The molecule has 0 aliphatic heterocycles. The Hall–Kier alpha value is -1.49. The van der Waals surface area contributed by atoms with Gasteiger partial charge in [0.1, 0.15) is 5.75 Å². The first-order valence-electron chi connectivity index (χ1n) is 5.86. The Morgan fingerprint density at radius 3 is 2.28 bits per heavy atom. The highest BCUT2D eigenvalue weighted by atomic mass is 28.4. The molecule has 1 rings (SSSR count). The average molecular weight is 267 g/mol. The molecule has 5 heteroatoms. The number of carboxylic acids is 1. The van der Waals surface area contributed by atoms with Gasteiger partial charge in [0.2, 0.25) is 8.32 Å². The molecule has 0 saturated carbocycles. The minimum absolute atomic E-state index is 0.0905. The second-order valence-corrected chi connectivity index (χ2v) is 10.6. The highest BCUT2D eigenvalue weighted by Gasteiger charge is 2.39. The molecular formula is C13H21NO3Si. The lowest BCUT2D eigenvalue weighted by Gasteiger charge is -2.36. The summed E-state index contributed by atoms with van der Waals surface area (Å²) in [5, 5.41) is 9.00. The summed E-state index contributed by atoms with van der Waals surface area (Å²) >= 11 is 0.